The number of anilines is 1. The van der Waals surface area contributed by atoms with E-state index in [2.05, 4.69) is 22.7 Å². The number of nitrogens with one attached hydrogen (secondary N) is 2. The highest BCUT2D eigenvalue weighted by Gasteiger charge is 2.29. The van der Waals surface area contributed by atoms with Gasteiger partial charge in [0, 0.05) is 5.56 Å². The van der Waals surface area contributed by atoms with Gasteiger partial charge in [0.05, 0.1) is 35.6 Å². The first-order valence-electron chi connectivity index (χ1n) is 8.84. The lowest BCUT2D eigenvalue weighted by Gasteiger charge is -2.31. The van der Waals surface area contributed by atoms with E-state index in [9.17, 15) is 9.90 Å². The molecule has 1 heterocycles. The van der Waals surface area contributed by atoms with Gasteiger partial charge in [-0.3, -0.25) is 5.43 Å². The van der Waals surface area contributed by atoms with Crippen molar-refractivity contribution in [2.75, 3.05) is 31.7 Å². The molecular weight excluding hydrogens is 366 g/mol. The van der Waals surface area contributed by atoms with Crippen LogP contribution in [0.4, 0.5) is 5.69 Å². The van der Waals surface area contributed by atoms with Crippen LogP contribution in [0.2, 0.25) is 5.02 Å². The van der Waals surface area contributed by atoms with Gasteiger partial charge in [-0.2, -0.15) is 5.10 Å². The second-order valence-electron chi connectivity index (χ2n) is 6.46. The molecule has 0 aliphatic carbocycles. The molecular formula is C20H22ClN3O3. The SMILES string of the molecule is C/C(=N/Nc1cc(C(=O)[O-])ccc1Cl)[C@@H](c1ccccc1)[NH+]1CCOCC1. The molecule has 1 saturated heterocycles. The number of nitrogens with zero attached hydrogens (tertiary/aromatic N) is 1. The molecule has 1 fully saturated rings. The second-order valence-corrected chi connectivity index (χ2v) is 6.87. The number of ether oxygens (including phenoxy) is 1. The molecule has 1 aliphatic rings. The Labute approximate surface area is 163 Å². The molecule has 0 amide bonds. The van der Waals surface area contributed by atoms with Crippen molar-refractivity contribution in [2.24, 2.45) is 5.10 Å². The molecule has 6 nitrogen and oxygen atoms in total. The van der Waals surface area contributed by atoms with Crippen molar-refractivity contribution in [2.45, 2.75) is 13.0 Å². The largest absolute Gasteiger partial charge is 0.545 e. The molecule has 0 radical (unpaired) electrons. The highest BCUT2D eigenvalue weighted by molar-refractivity contribution is 6.33. The van der Waals surface area contributed by atoms with Crippen LogP contribution in [0.3, 0.4) is 0 Å². The Balaban J connectivity index is 1.86. The Bertz CT molecular complexity index is 820. The standard InChI is InChI=1S/C20H22ClN3O3/c1-14(22-23-18-13-16(20(25)26)7-8-17(18)21)19(15-5-3-2-4-6-15)24-9-11-27-12-10-24/h2-8,13,19,23H,9-12H2,1H3,(H,25,26)/b22-14-/t19-/m0/s1. The molecule has 7 heteroatoms. The van der Waals surface area contributed by atoms with Crippen molar-refractivity contribution in [1.82, 2.24) is 0 Å². The van der Waals surface area contributed by atoms with Gasteiger partial charge < -0.3 is 19.5 Å². The van der Waals surface area contributed by atoms with Crippen molar-refractivity contribution in [3.05, 3.63) is 64.7 Å². The van der Waals surface area contributed by atoms with E-state index in [-0.39, 0.29) is 11.6 Å². The van der Waals surface area contributed by atoms with Gasteiger partial charge in [-0.15, -0.1) is 0 Å². The van der Waals surface area contributed by atoms with Gasteiger partial charge >= 0.3 is 0 Å². The highest BCUT2D eigenvalue weighted by Crippen LogP contribution is 2.23. The molecule has 1 atom stereocenters. The number of hydrazone groups is 1. The van der Waals surface area contributed by atoms with Gasteiger partial charge in [0.25, 0.3) is 0 Å². The zero-order valence-corrected chi connectivity index (χ0v) is 15.8. The summed E-state index contributed by atoms with van der Waals surface area (Å²) in [5, 5.41) is 16.0. The molecule has 0 saturated carbocycles. The summed E-state index contributed by atoms with van der Waals surface area (Å²) in [6.45, 7) is 5.20. The Hall–Kier alpha value is -2.41. The molecule has 2 aromatic carbocycles. The average molecular weight is 388 g/mol. The number of quaternary nitrogens is 1. The smallest absolute Gasteiger partial charge is 0.154 e. The van der Waals surface area contributed by atoms with Crippen molar-refractivity contribution in [1.29, 1.82) is 0 Å². The van der Waals surface area contributed by atoms with Gasteiger partial charge in [0.2, 0.25) is 0 Å². The first kappa shape index (κ1) is 19.4. The first-order valence-corrected chi connectivity index (χ1v) is 9.22. The Morgan fingerprint density at radius 2 is 1.93 bits per heavy atom. The third-order valence-electron chi connectivity index (χ3n) is 4.65. The molecule has 0 bridgehead atoms. The molecule has 142 valence electrons. The minimum Gasteiger partial charge on any atom is -0.545 e. The number of benzene rings is 2. The third kappa shape index (κ3) is 4.86. The summed E-state index contributed by atoms with van der Waals surface area (Å²) in [5.41, 5.74) is 5.45. The van der Waals surface area contributed by atoms with E-state index >= 15 is 0 Å². The summed E-state index contributed by atoms with van der Waals surface area (Å²) in [5.74, 6) is -1.25. The van der Waals surface area contributed by atoms with Gasteiger partial charge in [0.1, 0.15) is 13.1 Å². The van der Waals surface area contributed by atoms with Gasteiger partial charge in [0.15, 0.2) is 6.04 Å². The van der Waals surface area contributed by atoms with Crippen molar-refractivity contribution >= 4 is 29.0 Å². The second kappa shape index (κ2) is 8.99. The normalized spacial score (nSPS) is 16.7. The summed E-state index contributed by atoms with van der Waals surface area (Å²) in [6.07, 6.45) is 0. The van der Waals surface area contributed by atoms with Crippen molar-refractivity contribution in [3.63, 3.8) is 0 Å². The van der Waals surface area contributed by atoms with E-state index < -0.39 is 5.97 Å². The predicted octanol–water partition coefficient (Wildman–Crippen LogP) is 1.15. The maximum Gasteiger partial charge on any atom is 0.154 e. The lowest BCUT2D eigenvalue weighted by molar-refractivity contribution is -0.928. The lowest BCUT2D eigenvalue weighted by atomic mass is 10.0. The van der Waals surface area contributed by atoms with Gasteiger partial charge in [-0.25, -0.2) is 0 Å². The summed E-state index contributed by atoms with van der Waals surface area (Å²) < 4.78 is 5.49. The number of carboxylic acid groups (broad SMARTS) is 1. The van der Waals surface area contributed by atoms with E-state index in [0.717, 1.165) is 32.0 Å². The molecule has 3 rings (SSSR count). The monoisotopic (exact) mass is 387 g/mol. The van der Waals surface area contributed by atoms with Crippen LogP contribution in [0.5, 0.6) is 0 Å². The quantitative estimate of drug-likeness (QED) is 0.575. The van der Waals surface area contributed by atoms with Gasteiger partial charge in [-0.05, 0) is 24.6 Å². The minimum absolute atomic E-state index is 0.0492. The zero-order chi connectivity index (χ0) is 19.2. The maximum atomic E-state index is 11.1. The van der Waals surface area contributed by atoms with Gasteiger partial charge in [-0.1, -0.05) is 48.0 Å². The molecule has 0 unspecified atom stereocenters. The van der Waals surface area contributed by atoms with E-state index in [0.29, 0.717) is 10.7 Å². The topological polar surface area (TPSA) is 78.2 Å². The number of hydrogen-bond acceptors (Lipinski definition) is 5. The predicted molar refractivity (Wildman–Crippen MR) is 103 cm³/mol. The van der Waals surface area contributed by atoms with Crippen LogP contribution in [0.1, 0.15) is 28.9 Å². The number of morpholine rings is 1. The van der Waals surface area contributed by atoms with E-state index in [4.69, 9.17) is 16.3 Å². The van der Waals surface area contributed by atoms with Crippen LogP contribution in [-0.4, -0.2) is 38.0 Å². The fraction of sp³-hybridized carbons (Fsp3) is 0.300. The summed E-state index contributed by atoms with van der Waals surface area (Å²) in [7, 11) is 0. The van der Waals surface area contributed by atoms with Crippen LogP contribution in [-0.2, 0) is 4.74 Å². The number of hydrogen-bond donors (Lipinski definition) is 2. The van der Waals surface area contributed by atoms with E-state index in [1.165, 1.54) is 28.7 Å². The Morgan fingerprint density at radius 3 is 2.59 bits per heavy atom. The average Bonchev–Trinajstić information content (AvgIpc) is 2.69. The fourth-order valence-corrected chi connectivity index (χ4v) is 3.45. The van der Waals surface area contributed by atoms with Crippen LogP contribution >= 0.6 is 11.6 Å². The molecule has 27 heavy (non-hydrogen) atoms. The van der Waals surface area contributed by atoms with E-state index in [1.807, 2.05) is 25.1 Å². The van der Waals surface area contributed by atoms with Crippen LogP contribution in [0.15, 0.2) is 53.6 Å². The van der Waals surface area contributed by atoms with Crippen molar-refractivity contribution < 1.29 is 19.5 Å². The van der Waals surface area contributed by atoms with Crippen molar-refractivity contribution in [3.8, 4) is 0 Å². The lowest BCUT2D eigenvalue weighted by Crippen LogP contribution is -3.15. The first-order chi connectivity index (χ1) is 13.1. The Kier molecular flexibility index (Phi) is 6.45. The van der Waals surface area contributed by atoms with Crippen LogP contribution in [0, 0.1) is 0 Å². The summed E-state index contributed by atoms with van der Waals surface area (Å²) >= 11 is 6.16. The Morgan fingerprint density at radius 1 is 1.22 bits per heavy atom. The molecule has 0 spiro atoms. The molecule has 0 aromatic heterocycles. The number of aromatic carboxylic acids is 1. The van der Waals surface area contributed by atoms with E-state index in [1.54, 1.807) is 0 Å². The number of carbonyl (C=O) groups is 1. The summed E-state index contributed by atoms with van der Waals surface area (Å²) in [4.78, 5) is 12.4. The van der Waals surface area contributed by atoms with Crippen LogP contribution in [0.25, 0.3) is 0 Å². The molecule has 2 aromatic rings. The number of carboxylic acids is 1. The highest BCUT2D eigenvalue weighted by atomic mass is 35.5. The number of carbonyl (C=O) groups excluding carboxylic acids is 1. The maximum absolute atomic E-state index is 11.1. The molecule has 1 aliphatic heterocycles. The number of halogens is 1. The zero-order valence-electron chi connectivity index (χ0n) is 15.1. The summed E-state index contributed by atoms with van der Waals surface area (Å²) in [6, 6.07) is 14.6. The number of rotatable bonds is 6. The molecule has 2 N–H and O–H groups in total. The fourth-order valence-electron chi connectivity index (χ4n) is 3.29. The van der Waals surface area contributed by atoms with Crippen LogP contribution < -0.4 is 15.4 Å². The third-order valence-corrected chi connectivity index (χ3v) is 4.98. The minimum atomic E-state index is -1.25.